The van der Waals surface area contributed by atoms with Gasteiger partial charge in [-0.3, -0.25) is 19.3 Å². The lowest BCUT2D eigenvalue weighted by molar-refractivity contribution is -0.143. The number of nitrogens with two attached hydrogens (primary N) is 1. The summed E-state index contributed by atoms with van der Waals surface area (Å²) in [5.74, 6) is -1.02. The highest BCUT2D eigenvalue weighted by Gasteiger charge is 2.47. The molecule has 3 N–H and O–H groups in total. The molecule has 2 aromatic carbocycles. The van der Waals surface area contributed by atoms with Crippen molar-refractivity contribution in [2.45, 2.75) is 51.6 Å². The maximum atomic E-state index is 13.9. The Morgan fingerprint density at radius 1 is 1.10 bits per heavy atom. The van der Waals surface area contributed by atoms with Crippen LogP contribution in [0.3, 0.4) is 0 Å². The van der Waals surface area contributed by atoms with E-state index in [2.05, 4.69) is 6.92 Å². The lowest BCUT2D eigenvalue weighted by Gasteiger charge is -2.31. The average molecular weight is 553 g/mol. The van der Waals surface area contributed by atoms with Gasteiger partial charge >= 0.3 is 5.97 Å². The Kier molecular flexibility index (Phi) is 9.65. The normalized spacial score (nSPS) is 19.9. The Bertz CT molecular complexity index is 1220. The van der Waals surface area contributed by atoms with Crippen LogP contribution in [0, 0.1) is 5.92 Å². The van der Waals surface area contributed by atoms with E-state index < -0.39 is 17.9 Å². The lowest BCUT2D eigenvalue weighted by atomic mass is 9.84. The van der Waals surface area contributed by atoms with E-state index in [0.29, 0.717) is 44.1 Å². The molecule has 0 bridgehead atoms. The molecular weight excluding hydrogens is 512 g/mol. The van der Waals surface area contributed by atoms with Crippen molar-refractivity contribution in [3.63, 3.8) is 0 Å². The molecule has 3 atom stereocenters. The summed E-state index contributed by atoms with van der Waals surface area (Å²) in [6.07, 6.45) is 2.19. The van der Waals surface area contributed by atoms with E-state index in [1.54, 1.807) is 22.9 Å². The van der Waals surface area contributed by atoms with Gasteiger partial charge in [0.1, 0.15) is 0 Å². The zero-order valence-corrected chi connectivity index (χ0v) is 23.5. The highest BCUT2D eigenvalue weighted by Crippen LogP contribution is 2.42. The smallest absolute Gasteiger partial charge is 0.308 e. The number of aliphatic carboxylic acids is 1. The fraction of sp³-hybridized carbons (Fsp3) is 0.500. The van der Waals surface area contributed by atoms with Gasteiger partial charge in [0.2, 0.25) is 18.6 Å². The topological polar surface area (TPSA) is 126 Å². The van der Waals surface area contributed by atoms with Gasteiger partial charge in [0.25, 0.3) is 0 Å². The third-order valence-electron chi connectivity index (χ3n) is 7.99. The van der Waals surface area contributed by atoms with Crippen LogP contribution < -0.4 is 20.1 Å². The van der Waals surface area contributed by atoms with Crippen molar-refractivity contribution >= 4 is 23.5 Å². The fourth-order valence-corrected chi connectivity index (χ4v) is 5.64. The van der Waals surface area contributed by atoms with Gasteiger partial charge in [-0.25, -0.2) is 0 Å². The number of carboxylic acid groups (broad SMARTS) is 1. The molecule has 2 aromatic rings. The summed E-state index contributed by atoms with van der Waals surface area (Å²) in [7, 11) is 1.70. The second kappa shape index (κ2) is 13.1. The van der Waals surface area contributed by atoms with Crippen LogP contribution in [0.15, 0.2) is 42.5 Å². The van der Waals surface area contributed by atoms with E-state index in [1.807, 2.05) is 41.3 Å². The maximum Gasteiger partial charge on any atom is 0.308 e. The molecule has 0 spiro atoms. The Morgan fingerprint density at radius 3 is 2.58 bits per heavy atom. The number of unbranched alkanes of at least 4 members (excludes halogenated alkanes) is 1. The van der Waals surface area contributed by atoms with E-state index in [1.165, 1.54) is 6.92 Å². The lowest BCUT2D eigenvalue weighted by Crippen LogP contribution is -2.45. The first-order valence-corrected chi connectivity index (χ1v) is 13.9. The minimum Gasteiger partial charge on any atom is -0.481 e. The van der Waals surface area contributed by atoms with E-state index in [9.17, 15) is 19.5 Å². The van der Waals surface area contributed by atoms with Crippen molar-refractivity contribution in [3.8, 4) is 11.5 Å². The van der Waals surface area contributed by atoms with E-state index in [-0.39, 0.29) is 31.1 Å². The van der Waals surface area contributed by atoms with E-state index in [4.69, 9.17) is 15.2 Å². The zero-order chi connectivity index (χ0) is 28.8. The fourth-order valence-electron chi connectivity index (χ4n) is 5.64. The molecule has 0 unspecified atom stereocenters. The number of fused-ring (bicyclic) bond motifs is 1. The van der Waals surface area contributed by atoms with Crippen molar-refractivity contribution in [2.75, 3.05) is 44.9 Å². The standard InChI is InChI=1S/C30H40N4O6/c1-4-5-12-34(23-8-6-7-21(14-23)16-31)28(36)18-33-17-24(22-9-10-26-27(15-22)40-19-39-26)29(30(37)38)25(33)11-13-32(3)20(2)35/h6-10,14-15,24-25,29H,4-5,11-13,16-19,31H2,1-3H3,(H,37,38)/t24-,25+,29-/m1/s1. The molecule has 0 saturated carbocycles. The molecule has 0 aliphatic carbocycles. The summed E-state index contributed by atoms with van der Waals surface area (Å²) < 4.78 is 11.0. The zero-order valence-electron chi connectivity index (χ0n) is 23.5. The van der Waals surface area contributed by atoms with Crippen LogP contribution in [0.2, 0.25) is 0 Å². The first kappa shape index (κ1) is 29.4. The number of benzene rings is 2. The molecule has 2 aliphatic heterocycles. The van der Waals surface area contributed by atoms with Crippen LogP contribution in [0.5, 0.6) is 11.5 Å². The number of carboxylic acids is 1. The molecular formula is C30H40N4O6. The number of likely N-dealkylation sites (tertiary alicyclic amines) is 1. The van der Waals surface area contributed by atoms with Crippen molar-refractivity contribution < 1.29 is 29.0 Å². The van der Waals surface area contributed by atoms with Gasteiger partial charge in [-0.1, -0.05) is 31.5 Å². The largest absolute Gasteiger partial charge is 0.481 e. The van der Waals surface area contributed by atoms with Gasteiger partial charge in [-0.05, 0) is 48.2 Å². The Labute approximate surface area is 235 Å². The van der Waals surface area contributed by atoms with Crippen LogP contribution in [0.4, 0.5) is 5.69 Å². The predicted octanol–water partition coefficient (Wildman–Crippen LogP) is 3.04. The molecule has 4 rings (SSSR count). The minimum absolute atomic E-state index is 0.0653. The monoisotopic (exact) mass is 552 g/mol. The van der Waals surface area contributed by atoms with Gasteiger partial charge in [-0.2, -0.15) is 0 Å². The third-order valence-corrected chi connectivity index (χ3v) is 7.99. The number of hydrogen-bond donors (Lipinski definition) is 2. The number of rotatable bonds is 12. The predicted molar refractivity (Wildman–Crippen MR) is 151 cm³/mol. The summed E-state index contributed by atoms with van der Waals surface area (Å²) in [5.41, 5.74) is 8.41. The highest BCUT2D eigenvalue weighted by atomic mass is 16.7. The molecule has 0 aromatic heterocycles. The quantitative estimate of drug-likeness (QED) is 0.412. The number of amides is 2. The van der Waals surface area contributed by atoms with Crippen molar-refractivity contribution in [3.05, 3.63) is 53.6 Å². The summed E-state index contributed by atoms with van der Waals surface area (Å²) in [6, 6.07) is 12.8. The molecule has 1 fully saturated rings. The summed E-state index contributed by atoms with van der Waals surface area (Å²) >= 11 is 0. The molecule has 216 valence electrons. The van der Waals surface area contributed by atoms with Gasteiger partial charge in [0.05, 0.1) is 12.5 Å². The van der Waals surface area contributed by atoms with Crippen LogP contribution in [-0.4, -0.2) is 78.8 Å². The van der Waals surface area contributed by atoms with Crippen molar-refractivity contribution in [2.24, 2.45) is 11.7 Å². The number of carbonyl (C=O) groups excluding carboxylic acids is 2. The number of nitrogens with zero attached hydrogens (tertiary/aromatic N) is 3. The van der Waals surface area contributed by atoms with Crippen LogP contribution in [0.1, 0.15) is 50.2 Å². The molecule has 2 amide bonds. The average Bonchev–Trinajstić information content (AvgIpc) is 3.56. The van der Waals surface area contributed by atoms with Crippen LogP contribution in [0.25, 0.3) is 0 Å². The molecule has 10 nitrogen and oxygen atoms in total. The number of ether oxygens (including phenoxy) is 2. The van der Waals surface area contributed by atoms with E-state index >= 15 is 0 Å². The molecule has 2 heterocycles. The SMILES string of the molecule is CCCCN(C(=O)CN1C[C@H](c2ccc3c(c2)OCO3)[C@@H](C(=O)O)[C@@H]1CCN(C)C(C)=O)c1cccc(CN)c1. The van der Waals surface area contributed by atoms with Gasteiger partial charge < -0.3 is 30.1 Å². The Morgan fingerprint density at radius 2 is 1.88 bits per heavy atom. The van der Waals surface area contributed by atoms with Crippen molar-refractivity contribution in [1.29, 1.82) is 0 Å². The molecule has 2 aliphatic rings. The van der Waals surface area contributed by atoms with Crippen molar-refractivity contribution in [1.82, 2.24) is 9.80 Å². The Balaban J connectivity index is 1.64. The molecule has 10 heteroatoms. The van der Waals surface area contributed by atoms with Gasteiger partial charge in [-0.15, -0.1) is 0 Å². The Hall–Kier alpha value is -3.63. The van der Waals surface area contributed by atoms with Crippen LogP contribution in [-0.2, 0) is 20.9 Å². The summed E-state index contributed by atoms with van der Waals surface area (Å²) in [4.78, 5) is 43.9. The maximum absolute atomic E-state index is 13.9. The minimum atomic E-state index is -0.924. The summed E-state index contributed by atoms with van der Waals surface area (Å²) in [5, 5.41) is 10.4. The molecule has 0 radical (unpaired) electrons. The van der Waals surface area contributed by atoms with Crippen LogP contribution >= 0.6 is 0 Å². The molecule has 1 saturated heterocycles. The summed E-state index contributed by atoms with van der Waals surface area (Å²) in [6.45, 7) is 5.47. The second-order valence-corrected chi connectivity index (χ2v) is 10.6. The second-order valence-electron chi connectivity index (χ2n) is 10.6. The number of carbonyl (C=O) groups is 3. The third kappa shape index (κ3) is 6.56. The first-order chi connectivity index (χ1) is 19.2. The van der Waals surface area contributed by atoms with E-state index in [0.717, 1.165) is 29.7 Å². The number of hydrogen-bond acceptors (Lipinski definition) is 7. The van der Waals surface area contributed by atoms with Gasteiger partial charge in [0, 0.05) is 57.8 Å². The molecule has 40 heavy (non-hydrogen) atoms. The number of anilines is 1. The first-order valence-electron chi connectivity index (χ1n) is 13.9. The highest BCUT2D eigenvalue weighted by molar-refractivity contribution is 5.95. The van der Waals surface area contributed by atoms with Gasteiger partial charge in [0.15, 0.2) is 11.5 Å².